The number of nitrogens with two attached hydrogens (primary N) is 2. The smallest absolute Gasteiger partial charge is 0.296 e. The molecule has 92 valence electrons. The molecule has 1 amide bonds. The van der Waals surface area contributed by atoms with Crippen molar-refractivity contribution in [2.75, 3.05) is 22.4 Å². The Balaban J connectivity index is 2.42. The van der Waals surface area contributed by atoms with Crippen LogP contribution in [-0.2, 0) is 15.0 Å². The number of anilines is 3. The van der Waals surface area contributed by atoms with Crippen molar-refractivity contribution in [3.05, 3.63) is 12.1 Å². The molecule has 1 heterocycles. The van der Waals surface area contributed by atoms with Gasteiger partial charge in [-0.15, -0.1) is 0 Å². The number of hydrogen-bond donors (Lipinski definition) is 4. The number of nitrogens with one attached hydrogen (secondary N) is 2. The van der Waals surface area contributed by atoms with Crippen molar-refractivity contribution in [2.24, 2.45) is 5.14 Å². The van der Waals surface area contributed by atoms with E-state index in [4.69, 9.17) is 15.6 Å². The lowest BCUT2D eigenvalue weighted by molar-refractivity contribution is -0.118. The van der Waals surface area contributed by atoms with Gasteiger partial charge in [-0.2, -0.15) is 8.42 Å². The summed E-state index contributed by atoms with van der Waals surface area (Å²) in [5.74, 6) is 0.0471. The fraction of sp³-hybridized carbons (Fsp3) is 0.125. The third-order valence-electron chi connectivity index (χ3n) is 2.04. The summed E-state index contributed by atoms with van der Waals surface area (Å²) >= 11 is 0. The van der Waals surface area contributed by atoms with Crippen molar-refractivity contribution in [2.45, 2.75) is 0 Å². The maximum atomic E-state index is 11.1. The van der Waals surface area contributed by atoms with Gasteiger partial charge in [0, 0.05) is 6.07 Å². The Morgan fingerprint density at radius 2 is 2.12 bits per heavy atom. The summed E-state index contributed by atoms with van der Waals surface area (Å²) in [7, 11) is -3.92. The van der Waals surface area contributed by atoms with Crippen LogP contribution in [0.5, 0.6) is 5.75 Å². The Bertz CT molecular complexity index is 583. The van der Waals surface area contributed by atoms with E-state index in [9.17, 15) is 13.2 Å². The van der Waals surface area contributed by atoms with Gasteiger partial charge in [-0.25, -0.2) is 5.14 Å². The van der Waals surface area contributed by atoms with Gasteiger partial charge in [0.25, 0.3) is 16.1 Å². The highest BCUT2D eigenvalue weighted by atomic mass is 32.2. The molecule has 1 aromatic rings. The third-order valence-corrected chi connectivity index (χ3v) is 2.54. The predicted octanol–water partition coefficient (Wildman–Crippen LogP) is -0.785. The van der Waals surface area contributed by atoms with Gasteiger partial charge in [-0.3, -0.25) is 9.52 Å². The minimum atomic E-state index is -3.92. The highest BCUT2D eigenvalue weighted by molar-refractivity contribution is 7.90. The van der Waals surface area contributed by atoms with E-state index < -0.39 is 10.2 Å². The van der Waals surface area contributed by atoms with E-state index in [0.29, 0.717) is 11.4 Å². The Kier molecular flexibility index (Phi) is 2.56. The molecule has 2 rings (SSSR count). The van der Waals surface area contributed by atoms with E-state index in [-0.39, 0.29) is 23.9 Å². The topological polar surface area (TPSA) is 137 Å². The van der Waals surface area contributed by atoms with Crippen LogP contribution in [-0.4, -0.2) is 20.9 Å². The van der Waals surface area contributed by atoms with Gasteiger partial charge < -0.3 is 15.8 Å². The maximum Gasteiger partial charge on any atom is 0.296 e. The van der Waals surface area contributed by atoms with E-state index in [2.05, 4.69) is 5.32 Å². The second-order valence-corrected chi connectivity index (χ2v) is 4.71. The normalized spacial score (nSPS) is 14.5. The largest absolute Gasteiger partial charge is 0.482 e. The van der Waals surface area contributed by atoms with E-state index in [1.165, 1.54) is 12.1 Å². The zero-order chi connectivity index (χ0) is 12.6. The zero-order valence-corrected chi connectivity index (χ0v) is 9.37. The average Bonchev–Trinajstić information content (AvgIpc) is 2.17. The summed E-state index contributed by atoms with van der Waals surface area (Å²) in [6.07, 6.45) is 0. The lowest BCUT2D eigenvalue weighted by atomic mass is 10.2. The van der Waals surface area contributed by atoms with Crippen molar-refractivity contribution in [1.29, 1.82) is 0 Å². The molecule has 1 aliphatic rings. The molecule has 0 saturated heterocycles. The molecule has 17 heavy (non-hydrogen) atoms. The summed E-state index contributed by atoms with van der Waals surface area (Å²) < 4.78 is 28.9. The van der Waals surface area contributed by atoms with Crippen LogP contribution < -0.4 is 25.6 Å². The minimum absolute atomic E-state index is 0.0806. The van der Waals surface area contributed by atoms with E-state index in [1.807, 2.05) is 4.72 Å². The van der Waals surface area contributed by atoms with Crippen LogP contribution in [0.3, 0.4) is 0 Å². The fourth-order valence-electron chi connectivity index (χ4n) is 1.38. The van der Waals surface area contributed by atoms with Gasteiger partial charge in [0.15, 0.2) is 6.61 Å². The van der Waals surface area contributed by atoms with Crippen LogP contribution in [0.1, 0.15) is 0 Å². The number of hydrogen-bond acceptors (Lipinski definition) is 5. The van der Waals surface area contributed by atoms with E-state index in [0.717, 1.165) is 0 Å². The van der Waals surface area contributed by atoms with Crippen molar-refractivity contribution in [3.8, 4) is 5.75 Å². The molecule has 0 atom stereocenters. The van der Waals surface area contributed by atoms with Crippen LogP contribution in [0.25, 0.3) is 0 Å². The Morgan fingerprint density at radius 3 is 2.76 bits per heavy atom. The Labute approximate surface area is 97.1 Å². The summed E-state index contributed by atoms with van der Waals surface area (Å²) in [6.45, 7) is -0.103. The average molecular weight is 258 g/mol. The van der Waals surface area contributed by atoms with Crippen LogP contribution in [0.2, 0.25) is 0 Å². The molecule has 9 heteroatoms. The van der Waals surface area contributed by atoms with Crippen LogP contribution in [0, 0.1) is 0 Å². The monoisotopic (exact) mass is 258 g/mol. The summed E-state index contributed by atoms with van der Waals surface area (Å²) in [4.78, 5) is 11.1. The van der Waals surface area contributed by atoms with Crippen molar-refractivity contribution in [3.63, 3.8) is 0 Å². The number of amides is 1. The molecule has 0 fully saturated rings. The molecule has 1 aliphatic heterocycles. The molecule has 0 aromatic heterocycles. The van der Waals surface area contributed by atoms with Crippen molar-refractivity contribution < 1.29 is 17.9 Å². The summed E-state index contributed by atoms with van der Waals surface area (Å²) in [5.41, 5.74) is 6.17. The number of rotatable bonds is 2. The quantitative estimate of drug-likeness (QED) is 0.515. The van der Waals surface area contributed by atoms with E-state index in [1.54, 1.807) is 0 Å². The standard InChI is InChI=1S/C8H10N4O4S/c9-4-1-7-6(11-8(13)3-16-7)2-5(4)12-17(10,14)15/h1-2,12H,3,9H2,(H,11,13)(H2,10,14,15). The van der Waals surface area contributed by atoms with Gasteiger partial charge in [0.05, 0.1) is 17.1 Å². The number of ether oxygens (including phenoxy) is 1. The number of carbonyl (C=O) groups excluding carboxylic acids is 1. The lowest BCUT2D eigenvalue weighted by Gasteiger charge is -2.19. The lowest BCUT2D eigenvalue weighted by Crippen LogP contribution is -2.26. The molecule has 0 spiro atoms. The van der Waals surface area contributed by atoms with Crippen LogP contribution in [0.4, 0.5) is 17.1 Å². The molecule has 0 saturated carbocycles. The molecule has 0 aliphatic carbocycles. The molecule has 1 aromatic carbocycles. The first kappa shape index (κ1) is 11.5. The summed E-state index contributed by atoms with van der Waals surface area (Å²) in [6, 6.07) is 2.74. The second kappa shape index (κ2) is 3.79. The highest BCUT2D eigenvalue weighted by Gasteiger charge is 2.18. The van der Waals surface area contributed by atoms with Gasteiger partial charge in [0.1, 0.15) is 5.75 Å². The highest BCUT2D eigenvalue weighted by Crippen LogP contribution is 2.35. The van der Waals surface area contributed by atoms with Crippen molar-refractivity contribution in [1.82, 2.24) is 0 Å². The van der Waals surface area contributed by atoms with Gasteiger partial charge in [-0.05, 0) is 6.07 Å². The molecular weight excluding hydrogens is 248 g/mol. The first-order valence-corrected chi connectivity index (χ1v) is 6.06. The zero-order valence-electron chi connectivity index (χ0n) is 8.56. The first-order chi connectivity index (χ1) is 7.85. The van der Waals surface area contributed by atoms with Crippen LogP contribution >= 0.6 is 0 Å². The Morgan fingerprint density at radius 1 is 1.41 bits per heavy atom. The molecule has 6 N–H and O–H groups in total. The second-order valence-electron chi connectivity index (χ2n) is 3.42. The molecule has 0 unspecified atom stereocenters. The fourth-order valence-corrected chi connectivity index (χ4v) is 1.87. The molecular formula is C8H10N4O4S. The molecule has 0 bridgehead atoms. The van der Waals surface area contributed by atoms with Gasteiger partial charge >= 0.3 is 0 Å². The van der Waals surface area contributed by atoms with Gasteiger partial charge in [-0.1, -0.05) is 0 Å². The number of carbonyl (C=O) groups is 1. The van der Waals surface area contributed by atoms with Crippen molar-refractivity contribution >= 4 is 33.2 Å². The number of fused-ring (bicyclic) bond motifs is 1. The van der Waals surface area contributed by atoms with Crippen LogP contribution in [0.15, 0.2) is 12.1 Å². The minimum Gasteiger partial charge on any atom is -0.482 e. The predicted molar refractivity (Wildman–Crippen MR) is 61.7 cm³/mol. The first-order valence-electron chi connectivity index (χ1n) is 4.52. The van der Waals surface area contributed by atoms with Gasteiger partial charge in [0.2, 0.25) is 0 Å². The summed E-state index contributed by atoms with van der Waals surface area (Å²) in [5, 5.41) is 7.34. The number of benzene rings is 1. The Hall–Kier alpha value is -2.00. The SMILES string of the molecule is Nc1cc2c(cc1NS(N)(=O)=O)NC(=O)CO2. The molecule has 0 radical (unpaired) electrons. The molecule has 8 nitrogen and oxygen atoms in total. The number of nitrogen functional groups attached to an aromatic ring is 1. The van der Waals surface area contributed by atoms with E-state index >= 15 is 0 Å². The maximum absolute atomic E-state index is 11.1. The third kappa shape index (κ3) is 2.57.